The molecule has 11 heteroatoms. The molecule has 236 valence electrons. The number of aryl methyl sites for hydroxylation is 1. The zero-order chi connectivity index (χ0) is 31.4. The molecule has 0 spiro atoms. The maximum absolute atomic E-state index is 10.9. The number of aliphatic hydroxyl groups is 1. The van der Waals surface area contributed by atoms with Crippen LogP contribution in [0, 0.1) is 0 Å². The van der Waals surface area contributed by atoms with E-state index >= 15 is 0 Å². The number of benzene rings is 1. The first-order valence-corrected chi connectivity index (χ1v) is 21.5. The number of rotatable bonds is 8. The summed E-state index contributed by atoms with van der Waals surface area (Å²) in [6.07, 6.45) is 4.49. The fourth-order valence-corrected chi connectivity index (χ4v) is 7.81. The molecule has 1 aliphatic carbocycles. The topological polar surface area (TPSA) is 104 Å². The molecule has 2 N–H and O–H groups in total. The molecule has 0 amide bonds. The van der Waals surface area contributed by atoms with Crippen molar-refractivity contribution in [1.82, 2.24) is 19.5 Å². The van der Waals surface area contributed by atoms with Crippen molar-refractivity contribution in [3.8, 4) is 0 Å². The second kappa shape index (κ2) is 11.6. The van der Waals surface area contributed by atoms with Gasteiger partial charge in [0, 0.05) is 6.42 Å². The molecule has 0 bridgehead atoms. The number of ether oxygens (including phenoxy) is 1. The summed E-state index contributed by atoms with van der Waals surface area (Å²) in [7, 11) is -4.05. The summed E-state index contributed by atoms with van der Waals surface area (Å²) in [5.74, 6) is 0.606. The van der Waals surface area contributed by atoms with Crippen LogP contribution in [0.3, 0.4) is 0 Å². The molecule has 2 aliphatic rings. The Balaban J connectivity index is 1.42. The third-order valence-corrected chi connectivity index (χ3v) is 19.3. The molecule has 43 heavy (non-hydrogen) atoms. The maximum Gasteiger partial charge on any atom is 0.192 e. The monoisotopic (exact) mass is 625 g/mol. The molecule has 2 aromatic heterocycles. The molecule has 0 saturated carbocycles. The predicted molar refractivity (Wildman–Crippen MR) is 176 cm³/mol. The highest BCUT2D eigenvalue weighted by molar-refractivity contribution is 6.74. The van der Waals surface area contributed by atoms with Crippen LogP contribution in [-0.2, 0) is 20.0 Å². The van der Waals surface area contributed by atoms with Gasteiger partial charge in [-0.3, -0.25) is 4.57 Å². The molecule has 3 heterocycles. The van der Waals surface area contributed by atoms with E-state index in [1.54, 1.807) is 12.7 Å². The van der Waals surface area contributed by atoms with E-state index in [0.717, 1.165) is 12.0 Å². The van der Waals surface area contributed by atoms with Crippen LogP contribution < -0.4 is 5.32 Å². The minimum absolute atomic E-state index is 0.0771. The fourth-order valence-electron chi connectivity index (χ4n) is 5.44. The smallest absolute Gasteiger partial charge is 0.192 e. The van der Waals surface area contributed by atoms with Gasteiger partial charge in [-0.15, -0.1) is 0 Å². The SMILES string of the molecule is CC(C)(C)[Si](C)(C)OC[C@H]1O[C@@H](n2cnc3c(N[C@@H]4c5ccccc5CC[C@@H]4O)ncnc32)C[C@@H]1O[Si](C)(C)C(C)(C)C. The highest BCUT2D eigenvalue weighted by Gasteiger charge is 2.47. The van der Waals surface area contributed by atoms with Gasteiger partial charge >= 0.3 is 0 Å². The Labute approximate surface area is 259 Å². The van der Waals surface area contributed by atoms with Crippen molar-refractivity contribution < 1.29 is 18.7 Å². The summed E-state index contributed by atoms with van der Waals surface area (Å²) >= 11 is 0. The lowest BCUT2D eigenvalue weighted by Crippen LogP contribution is -2.48. The van der Waals surface area contributed by atoms with Crippen LogP contribution >= 0.6 is 0 Å². The van der Waals surface area contributed by atoms with Crippen molar-refractivity contribution in [3.05, 3.63) is 48.0 Å². The van der Waals surface area contributed by atoms with Crippen LogP contribution in [-0.4, -0.2) is 66.2 Å². The van der Waals surface area contributed by atoms with E-state index in [1.165, 1.54) is 5.56 Å². The summed E-state index contributed by atoms with van der Waals surface area (Å²) < 4.78 is 22.4. The highest BCUT2D eigenvalue weighted by Crippen LogP contribution is 2.43. The normalized spacial score (nSPS) is 25.2. The molecule has 1 fully saturated rings. The van der Waals surface area contributed by atoms with Crippen molar-refractivity contribution in [2.24, 2.45) is 0 Å². The van der Waals surface area contributed by atoms with Crippen LogP contribution in [0.1, 0.15) is 77.8 Å². The van der Waals surface area contributed by atoms with Gasteiger partial charge in [0.2, 0.25) is 0 Å². The lowest BCUT2D eigenvalue weighted by Gasteiger charge is -2.40. The molecule has 1 saturated heterocycles. The Morgan fingerprint density at radius 2 is 1.70 bits per heavy atom. The van der Waals surface area contributed by atoms with Gasteiger partial charge in [-0.2, -0.15) is 0 Å². The third kappa shape index (κ3) is 6.48. The minimum Gasteiger partial charge on any atom is -0.414 e. The molecule has 1 aliphatic heterocycles. The van der Waals surface area contributed by atoms with E-state index < -0.39 is 22.7 Å². The van der Waals surface area contributed by atoms with E-state index in [1.807, 2.05) is 16.7 Å². The van der Waals surface area contributed by atoms with Crippen LogP contribution in [0.2, 0.25) is 36.3 Å². The highest BCUT2D eigenvalue weighted by atomic mass is 28.4. The number of aliphatic hydroxyl groups excluding tert-OH is 1. The standard InChI is InChI=1S/C32H51N5O4Si2/c1-31(2,3)42(7,8)39-18-25-24(41-43(9,10)32(4,5)6)17-26(40-25)37-20-35-28-29(33-19-34-30(28)37)36-27-22-14-12-11-13-21(22)15-16-23(27)38/h11-14,19-20,23-27,38H,15-18H2,1-10H3,(H,33,34,36)/t23-,24-,25+,26+,27+/m0/s1. The molecule has 0 radical (unpaired) electrons. The number of imidazole rings is 1. The Morgan fingerprint density at radius 1 is 1.00 bits per heavy atom. The van der Waals surface area contributed by atoms with Gasteiger partial charge in [0.25, 0.3) is 0 Å². The van der Waals surface area contributed by atoms with Gasteiger partial charge < -0.3 is 24.0 Å². The lowest BCUT2D eigenvalue weighted by atomic mass is 9.85. The van der Waals surface area contributed by atoms with E-state index in [0.29, 0.717) is 36.4 Å². The summed E-state index contributed by atoms with van der Waals surface area (Å²) in [6, 6.07) is 8.00. The van der Waals surface area contributed by atoms with Crippen LogP contribution in [0.25, 0.3) is 11.2 Å². The predicted octanol–water partition coefficient (Wildman–Crippen LogP) is 6.99. The fraction of sp³-hybridized carbons (Fsp3) is 0.656. The van der Waals surface area contributed by atoms with Gasteiger partial charge in [0.15, 0.2) is 33.6 Å². The summed E-state index contributed by atoms with van der Waals surface area (Å²) in [4.78, 5) is 13.9. The first kappa shape index (κ1) is 32.2. The molecule has 3 aromatic rings. The summed E-state index contributed by atoms with van der Waals surface area (Å²) in [6.45, 7) is 23.2. The summed E-state index contributed by atoms with van der Waals surface area (Å²) in [5.41, 5.74) is 3.70. The molecule has 5 atom stereocenters. The number of hydrogen-bond donors (Lipinski definition) is 2. The zero-order valence-electron chi connectivity index (χ0n) is 27.6. The Bertz CT molecular complexity index is 1430. The average molecular weight is 626 g/mol. The first-order valence-electron chi connectivity index (χ1n) is 15.7. The van der Waals surface area contributed by atoms with E-state index in [2.05, 4.69) is 95.1 Å². The molecular weight excluding hydrogens is 575 g/mol. The number of aromatic nitrogens is 4. The zero-order valence-corrected chi connectivity index (χ0v) is 29.6. The van der Waals surface area contributed by atoms with Crippen molar-refractivity contribution >= 4 is 33.6 Å². The number of anilines is 1. The second-order valence-electron chi connectivity index (χ2n) is 15.3. The summed E-state index contributed by atoms with van der Waals surface area (Å²) in [5, 5.41) is 14.6. The number of nitrogens with zero attached hydrogens (tertiary/aromatic N) is 4. The molecule has 5 rings (SSSR count). The van der Waals surface area contributed by atoms with Crippen LogP contribution in [0.4, 0.5) is 5.82 Å². The first-order chi connectivity index (χ1) is 20.0. The van der Waals surface area contributed by atoms with E-state index in [-0.39, 0.29) is 34.6 Å². The van der Waals surface area contributed by atoms with Crippen molar-refractivity contribution in [2.45, 2.75) is 128 Å². The lowest BCUT2D eigenvalue weighted by molar-refractivity contribution is -0.0383. The van der Waals surface area contributed by atoms with Crippen molar-refractivity contribution in [2.75, 3.05) is 11.9 Å². The number of hydrogen-bond acceptors (Lipinski definition) is 8. The number of nitrogens with one attached hydrogen (secondary N) is 1. The van der Waals surface area contributed by atoms with Crippen molar-refractivity contribution in [3.63, 3.8) is 0 Å². The second-order valence-corrected chi connectivity index (χ2v) is 24.9. The average Bonchev–Trinajstić information content (AvgIpc) is 3.52. The van der Waals surface area contributed by atoms with E-state index in [4.69, 9.17) is 18.6 Å². The van der Waals surface area contributed by atoms with Gasteiger partial charge in [0.1, 0.15) is 18.7 Å². The van der Waals surface area contributed by atoms with Gasteiger partial charge in [-0.1, -0.05) is 65.8 Å². The Hall–Kier alpha value is -2.16. The Morgan fingerprint density at radius 3 is 2.40 bits per heavy atom. The van der Waals surface area contributed by atoms with Gasteiger partial charge in [0.05, 0.1) is 31.2 Å². The largest absolute Gasteiger partial charge is 0.414 e. The molecule has 1 aromatic carbocycles. The van der Waals surface area contributed by atoms with Crippen LogP contribution in [0.5, 0.6) is 0 Å². The van der Waals surface area contributed by atoms with Gasteiger partial charge in [-0.05, 0) is 60.2 Å². The quantitative estimate of drug-likeness (QED) is 0.258. The maximum atomic E-state index is 10.9. The van der Waals surface area contributed by atoms with Crippen LogP contribution in [0.15, 0.2) is 36.9 Å². The van der Waals surface area contributed by atoms with Crippen molar-refractivity contribution in [1.29, 1.82) is 0 Å². The Kier molecular flexibility index (Phi) is 8.73. The molecule has 9 nitrogen and oxygen atoms in total. The molecular formula is C32H51N5O4Si2. The number of fused-ring (bicyclic) bond motifs is 2. The minimum atomic E-state index is -2.07. The van der Waals surface area contributed by atoms with E-state index in [9.17, 15) is 5.11 Å². The molecule has 0 unspecified atom stereocenters. The van der Waals surface area contributed by atoms with Gasteiger partial charge in [-0.25, -0.2) is 15.0 Å². The third-order valence-electron chi connectivity index (χ3n) is 10.3.